The van der Waals surface area contributed by atoms with E-state index in [1.165, 1.54) is 0 Å². The second-order valence-electron chi connectivity index (χ2n) is 5.13. The van der Waals surface area contributed by atoms with Gasteiger partial charge in [-0.05, 0) is 24.7 Å². The summed E-state index contributed by atoms with van der Waals surface area (Å²) in [5, 5.41) is 9.48. The quantitative estimate of drug-likeness (QED) is 0.819. The van der Waals surface area contributed by atoms with E-state index < -0.39 is 11.9 Å². The highest BCUT2D eigenvalue weighted by Crippen LogP contribution is 2.41. The molecular formula is C15H15NO4. The minimum Gasteiger partial charge on any atom is -0.481 e. The summed E-state index contributed by atoms with van der Waals surface area (Å²) >= 11 is 0. The van der Waals surface area contributed by atoms with Gasteiger partial charge in [0, 0.05) is 12.5 Å². The summed E-state index contributed by atoms with van der Waals surface area (Å²) in [7, 11) is 1.85. The first-order chi connectivity index (χ1) is 9.61. The molecule has 0 spiro atoms. The molecule has 0 radical (unpaired) electrons. The number of hydrogen-bond acceptors (Lipinski definition) is 4. The molecule has 2 aliphatic heterocycles. The van der Waals surface area contributed by atoms with Crippen molar-refractivity contribution < 1.29 is 19.4 Å². The van der Waals surface area contributed by atoms with Crippen LogP contribution in [0.25, 0.3) is 0 Å². The Morgan fingerprint density at radius 2 is 2.20 bits per heavy atom. The Hall–Kier alpha value is -2.19. The highest BCUT2D eigenvalue weighted by Gasteiger charge is 2.44. The third-order valence-electron chi connectivity index (χ3n) is 4.01. The summed E-state index contributed by atoms with van der Waals surface area (Å²) in [6.45, 7) is 0.824. The topological polar surface area (TPSA) is 59.0 Å². The molecule has 0 bridgehead atoms. The van der Waals surface area contributed by atoms with Gasteiger partial charge < -0.3 is 14.6 Å². The van der Waals surface area contributed by atoms with E-state index in [1.54, 1.807) is 0 Å². The van der Waals surface area contributed by atoms with E-state index in [0.717, 1.165) is 5.56 Å². The van der Waals surface area contributed by atoms with Gasteiger partial charge in [-0.15, -0.1) is 6.42 Å². The zero-order chi connectivity index (χ0) is 14.3. The number of ether oxygens (including phenoxy) is 2. The molecule has 104 valence electrons. The van der Waals surface area contributed by atoms with E-state index in [2.05, 4.69) is 5.92 Å². The lowest BCUT2D eigenvalue weighted by molar-refractivity contribution is -0.142. The van der Waals surface area contributed by atoms with Crippen molar-refractivity contribution in [3.63, 3.8) is 0 Å². The zero-order valence-electron chi connectivity index (χ0n) is 11.1. The fourth-order valence-corrected chi connectivity index (χ4v) is 3.03. The Morgan fingerprint density at radius 3 is 2.90 bits per heavy atom. The van der Waals surface area contributed by atoms with Crippen molar-refractivity contribution in [2.75, 3.05) is 20.4 Å². The van der Waals surface area contributed by atoms with Crippen LogP contribution in [0.2, 0.25) is 0 Å². The molecule has 5 heteroatoms. The summed E-state index contributed by atoms with van der Waals surface area (Å²) in [4.78, 5) is 13.5. The van der Waals surface area contributed by atoms with Gasteiger partial charge in [-0.25, -0.2) is 0 Å². The second kappa shape index (κ2) is 4.73. The van der Waals surface area contributed by atoms with Crippen molar-refractivity contribution in [2.24, 2.45) is 5.92 Å². The molecular weight excluding hydrogens is 258 g/mol. The molecule has 1 aromatic carbocycles. The third kappa shape index (κ3) is 1.89. The van der Waals surface area contributed by atoms with E-state index in [4.69, 9.17) is 15.9 Å². The van der Waals surface area contributed by atoms with Crippen LogP contribution in [0.3, 0.4) is 0 Å². The van der Waals surface area contributed by atoms with E-state index in [0.29, 0.717) is 18.0 Å². The molecule has 1 aromatic rings. The highest BCUT2D eigenvalue weighted by molar-refractivity contribution is 5.74. The molecule has 0 aliphatic carbocycles. The third-order valence-corrected chi connectivity index (χ3v) is 4.01. The predicted molar refractivity (Wildman–Crippen MR) is 71.7 cm³/mol. The highest BCUT2D eigenvalue weighted by atomic mass is 16.7. The number of hydrogen-bond donors (Lipinski definition) is 1. The maximum atomic E-state index is 11.6. The SMILES string of the molecule is C#CC1C(C(=O)O)C(c2ccc3c(c2)OCO3)CN1C. The summed E-state index contributed by atoms with van der Waals surface area (Å²) in [5.41, 5.74) is 0.922. The fraction of sp³-hybridized carbons (Fsp3) is 0.400. The second-order valence-corrected chi connectivity index (χ2v) is 5.13. The van der Waals surface area contributed by atoms with Crippen LogP contribution in [0.5, 0.6) is 11.5 Å². The Bertz CT molecular complexity index is 592. The number of aliphatic carboxylic acids is 1. The first-order valence-electron chi connectivity index (χ1n) is 6.40. The van der Waals surface area contributed by atoms with E-state index >= 15 is 0 Å². The Balaban J connectivity index is 1.97. The molecule has 1 N–H and O–H groups in total. The van der Waals surface area contributed by atoms with Crippen LogP contribution in [0.1, 0.15) is 11.5 Å². The normalized spacial score (nSPS) is 28.3. The molecule has 3 rings (SSSR count). The van der Waals surface area contributed by atoms with Crippen LogP contribution in [-0.4, -0.2) is 42.4 Å². The Morgan fingerprint density at radius 1 is 1.45 bits per heavy atom. The average Bonchev–Trinajstić information content (AvgIpc) is 3.00. The first-order valence-corrected chi connectivity index (χ1v) is 6.40. The van der Waals surface area contributed by atoms with E-state index in [9.17, 15) is 9.90 Å². The van der Waals surface area contributed by atoms with Gasteiger partial charge in [0.2, 0.25) is 6.79 Å². The Kier molecular flexibility index (Phi) is 3.03. The molecule has 2 heterocycles. The van der Waals surface area contributed by atoms with Crippen molar-refractivity contribution >= 4 is 5.97 Å². The smallest absolute Gasteiger partial charge is 0.309 e. The predicted octanol–water partition coefficient (Wildman–Crippen LogP) is 1.15. The molecule has 3 atom stereocenters. The standard InChI is InChI=1S/C15H15NO4/c1-3-11-14(15(17)18)10(7-16(11)2)9-4-5-12-13(6-9)20-8-19-12/h1,4-6,10-11,14H,7-8H2,2H3,(H,17,18). The van der Waals surface area contributed by atoms with Gasteiger partial charge in [-0.2, -0.15) is 0 Å². The lowest BCUT2D eigenvalue weighted by atomic mass is 9.85. The summed E-state index contributed by atoms with van der Waals surface area (Å²) in [5.74, 6) is 2.33. The molecule has 20 heavy (non-hydrogen) atoms. The van der Waals surface area contributed by atoms with E-state index in [1.807, 2.05) is 30.1 Å². The van der Waals surface area contributed by atoms with Gasteiger partial charge in [0.05, 0.1) is 12.0 Å². The summed E-state index contributed by atoms with van der Waals surface area (Å²) in [6.07, 6.45) is 5.48. The number of carbonyl (C=O) groups is 1. The van der Waals surface area contributed by atoms with Gasteiger partial charge in [0.25, 0.3) is 0 Å². The lowest BCUT2D eigenvalue weighted by Gasteiger charge is -2.18. The molecule has 3 unspecified atom stereocenters. The van der Waals surface area contributed by atoms with Crippen LogP contribution in [0.4, 0.5) is 0 Å². The number of likely N-dealkylation sites (tertiary alicyclic amines) is 1. The number of carboxylic acid groups (broad SMARTS) is 1. The minimum absolute atomic E-state index is 0.145. The minimum atomic E-state index is -0.861. The fourth-order valence-electron chi connectivity index (χ4n) is 3.03. The van der Waals surface area contributed by atoms with Gasteiger partial charge in [0.1, 0.15) is 0 Å². The molecule has 1 fully saturated rings. The van der Waals surface area contributed by atoms with E-state index in [-0.39, 0.29) is 18.8 Å². The number of fused-ring (bicyclic) bond motifs is 1. The van der Waals surface area contributed by atoms with Crippen molar-refractivity contribution in [3.05, 3.63) is 23.8 Å². The van der Waals surface area contributed by atoms with Gasteiger partial charge in [0.15, 0.2) is 11.5 Å². The van der Waals surface area contributed by atoms with Gasteiger partial charge >= 0.3 is 5.97 Å². The first kappa shape index (κ1) is 12.8. The van der Waals surface area contributed by atoms with Crippen LogP contribution >= 0.6 is 0 Å². The number of benzene rings is 1. The molecule has 0 aromatic heterocycles. The largest absolute Gasteiger partial charge is 0.481 e. The number of likely N-dealkylation sites (N-methyl/N-ethyl adjacent to an activating group) is 1. The monoisotopic (exact) mass is 273 g/mol. The van der Waals surface area contributed by atoms with Crippen molar-refractivity contribution in [3.8, 4) is 23.8 Å². The molecule has 0 saturated carbocycles. The maximum Gasteiger partial charge on any atom is 0.309 e. The van der Waals surface area contributed by atoms with Crippen LogP contribution in [0, 0.1) is 18.3 Å². The van der Waals surface area contributed by atoms with Crippen LogP contribution < -0.4 is 9.47 Å². The molecule has 0 amide bonds. The lowest BCUT2D eigenvalue weighted by Crippen LogP contribution is -2.32. The van der Waals surface area contributed by atoms with Gasteiger partial charge in [-0.3, -0.25) is 9.69 Å². The number of terminal acetylenes is 1. The van der Waals surface area contributed by atoms with Crippen molar-refractivity contribution in [1.82, 2.24) is 4.90 Å². The van der Waals surface area contributed by atoms with Crippen LogP contribution in [-0.2, 0) is 4.79 Å². The van der Waals surface area contributed by atoms with Gasteiger partial charge in [-0.1, -0.05) is 12.0 Å². The molecule has 1 saturated heterocycles. The summed E-state index contributed by atoms with van der Waals surface area (Å²) < 4.78 is 10.6. The maximum absolute atomic E-state index is 11.6. The van der Waals surface area contributed by atoms with Crippen molar-refractivity contribution in [2.45, 2.75) is 12.0 Å². The zero-order valence-corrected chi connectivity index (χ0v) is 11.1. The Labute approximate surface area is 117 Å². The number of carboxylic acids is 1. The molecule has 5 nitrogen and oxygen atoms in total. The summed E-state index contributed by atoms with van der Waals surface area (Å²) in [6, 6.07) is 5.18. The average molecular weight is 273 g/mol. The van der Waals surface area contributed by atoms with Crippen molar-refractivity contribution in [1.29, 1.82) is 0 Å². The number of nitrogens with zero attached hydrogens (tertiary/aromatic N) is 1. The van der Waals surface area contributed by atoms with Crippen LogP contribution in [0.15, 0.2) is 18.2 Å². The number of rotatable bonds is 2. The molecule has 2 aliphatic rings.